The predicted molar refractivity (Wildman–Crippen MR) is 81.3 cm³/mol. The van der Waals surface area contributed by atoms with Crippen molar-refractivity contribution in [3.05, 3.63) is 42.6 Å². The molecule has 0 aliphatic rings. The van der Waals surface area contributed by atoms with Crippen LogP contribution in [0.3, 0.4) is 0 Å². The summed E-state index contributed by atoms with van der Waals surface area (Å²) in [5, 5.41) is 9.33. The molecule has 2 aromatic rings. The summed E-state index contributed by atoms with van der Waals surface area (Å²) < 4.78 is 1.96. The molecule has 1 heterocycles. The lowest BCUT2D eigenvalue weighted by Crippen LogP contribution is -2.32. The Morgan fingerprint density at radius 3 is 2.84 bits per heavy atom. The smallest absolute Gasteiger partial charge is 0.0712 e. The van der Waals surface area contributed by atoms with Gasteiger partial charge in [0.15, 0.2) is 0 Å². The standard InChI is InChI=1S/C16H23N3/c1-5-16(3,12-17-6-2)11-14-13-9-7-8-10-15(13)19(4)18-14/h5,7-10,17H,1,6,11-12H2,2-4H3. The number of rotatable bonds is 6. The van der Waals surface area contributed by atoms with Gasteiger partial charge in [-0.2, -0.15) is 5.10 Å². The van der Waals surface area contributed by atoms with E-state index >= 15 is 0 Å². The Morgan fingerprint density at radius 2 is 2.16 bits per heavy atom. The highest BCUT2D eigenvalue weighted by Crippen LogP contribution is 2.27. The summed E-state index contributed by atoms with van der Waals surface area (Å²) >= 11 is 0. The summed E-state index contributed by atoms with van der Waals surface area (Å²) in [6, 6.07) is 8.39. The zero-order valence-electron chi connectivity index (χ0n) is 12.1. The van der Waals surface area contributed by atoms with Gasteiger partial charge in [-0.1, -0.05) is 38.1 Å². The average Bonchev–Trinajstić information content (AvgIpc) is 2.74. The van der Waals surface area contributed by atoms with Crippen LogP contribution < -0.4 is 5.32 Å². The van der Waals surface area contributed by atoms with Gasteiger partial charge >= 0.3 is 0 Å². The van der Waals surface area contributed by atoms with Gasteiger partial charge in [0.2, 0.25) is 0 Å². The van der Waals surface area contributed by atoms with E-state index in [1.54, 1.807) is 0 Å². The largest absolute Gasteiger partial charge is 0.316 e. The maximum Gasteiger partial charge on any atom is 0.0712 e. The van der Waals surface area contributed by atoms with Crippen LogP contribution in [0.1, 0.15) is 19.5 Å². The molecule has 19 heavy (non-hydrogen) atoms. The van der Waals surface area contributed by atoms with Crippen molar-refractivity contribution in [3.8, 4) is 0 Å². The number of para-hydroxylation sites is 1. The maximum absolute atomic E-state index is 4.67. The molecule has 0 bridgehead atoms. The van der Waals surface area contributed by atoms with Crippen molar-refractivity contribution in [1.82, 2.24) is 15.1 Å². The van der Waals surface area contributed by atoms with Crippen molar-refractivity contribution in [1.29, 1.82) is 0 Å². The molecule has 0 aliphatic heterocycles. The maximum atomic E-state index is 4.67. The summed E-state index contributed by atoms with van der Waals surface area (Å²) in [5.41, 5.74) is 2.37. The average molecular weight is 257 g/mol. The van der Waals surface area contributed by atoms with Gasteiger partial charge < -0.3 is 5.32 Å². The number of fused-ring (bicyclic) bond motifs is 1. The lowest BCUT2D eigenvalue weighted by Gasteiger charge is -2.25. The van der Waals surface area contributed by atoms with E-state index in [0.29, 0.717) is 0 Å². The highest BCUT2D eigenvalue weighted by molar-refractivity contribution is 5.81. The van der Waals surface area contributed by atoms with Gasteiger partial charge in [0.1, 0.15) is 0 Å². The Bertz CT molecular complexity index is 570. The minimum Gasteiger partial charge on any atom is -0.316 e. The molecule has 2 rings (SSSR count). The Morgan fingerprint density at radius 1 is 1.42 bits per heavy atom. The monoisotopic (exact) mass is 257 g/mol. The number of hydrogen-bond acceptors (Lipinski definition) is 2. The summed E-state index contributed by atoms with van der Waals surface area (Å²) in [5.74, 6) is 0. The molecule has 0 aliphatic carbocycles. The number of nitrogens with one attached hydrogen (secondary N) is 1. The van der Waals surface area contributed by atoms with Gasteiger partial charge in [-0.05, 0) is 12.6 Å². The van der Waals surface area contributed by atoms with Crippen molar-refractivity contribution >= 4 is 10.9 Å². The van der Waals surface area contributed by atoms with Gasteiger partial charge in [-0.25, -0.2) is 0 Å². The lowest BCUT2D eigenvalue weighted by molar-refractivity contribution is 0.391. The first-order chi connectivity index (χ1) is 9.09. The molecule has 3 nitrogen and oxygen atoms in total. The third kappa shape index (κ3) is 2.87. The number of nitrogens with zero attached hydrogens (tertiary/aromatic N) is 2. The van der Waals surface area contributed by atoms with Crippen LogP contribution in [0.15, 0.2) is 36.9 Å². The van der Waals surface area contributed by atoms with Gasteiger partial charge in [0.05, 0.1) is 11.2 Å². The fourth-order valence-corrected chi connectivity index (χ4v) is 2.42. The van der Waals surface area contributed by atoms with Crippen molar-refractivity contribution in [2.75, 3.05) is 13.1 Å². The SMILES string of the molecule is C=CC(C)(CNCC)Cc1nn(C)c2ccccc12. The highest BCUT2D eigenvalue weighted by atomic mass is 15.3. The molecular weight excluding hydrogens is 234 g/mol. The molecule has 102 valence electrons. The van der Waals surface area contributed by atoms with Crippen LogP contribution in [-0.4, -0.2) is 22.9 Å². The van der Waals surface area contributed by atoms with Crippen LogP contribution in [0.5, 0.6) is 0 Å². The minimum absolute atomic E-state index is 0.0349. The van der Waals surface area contributed by atoms with E-state index in [4.69, 9.17) is 0 Å². The van der Waals surface area contributed by atoms with Crippen LogP contribution in [-0.2, 0) is 13.5 Å². The highest BCUT2D eigenvalue weighted by Gasteiger charge is 2.23. The molecule has 1 aromatic carbocycles. The minimum atomic E-state index is 0.0349. The Kier molecular flexibility index (Phi) is 4.05. The molecule has 1 unspecified atom stereocenters. The molecular formula is C16H23N3. The second kappa shape index (κ2) is 5.57. The van der Waals surface area contributed by atoms with Gasteiger partial charge in [-0.3, -0.25) is 4.68 Å². The topological polar surface area (TPSA) is 29.9 Å². The Labute approximate surface area is 115 Å². The van der Waals surface area contributed by atoms with E-state index in [-0.39, 0.29) is 5.41 Å². The molecule has 0 saturated heterocycles. The van der Waals surface area contributed by atoms with Gasteiger partial charge in [0.25, 0.3) is 0 Å². The molecule has 1 atom stereocenters. The molecule has 0 saturated carbocycles. The Balaban J connectivity index is 2.32. The summed E-state index contributed by atoms with van der Waals surface area (Å²) in [6.45, 7) is 10.3. The second-order valence-corrected chi connectivity index (χ2v) is 5.40. The summed E-state index contributed by atoms with van der Waals surface area (Å²) in [6.07, 6.45) is 2.95. The molecule has 1 aromatic heterocycles. The number of hydrogen-bond donors (Lipinski definition) is 1. The van der Waals surface area contributed by atoms with E-state index in [1.807, 2.05) is 17.8 Å². The summed E-state index contributed by atoms with van der Waals surface area (Å²) in [4.78, 5) is 0. The first-order valence-electron chi connectivity index (χ1n) is 6.84. The lowest BCUT2D eigenvalue weighted by atomic mass is 9.84. The molecule has 3 heteroatoms. The molecule has 0 fully saturated rings. The zero-order valence-corrected chi connectivity index (χ0v) is 12.1. The van der Waals surface area contributed by atoms with E-state index in [2.05, 4.69) is 55.1 Å². The predicted octanol–water partition coefficient (Wildman–Crippen LogP) is 2.92. The molecule has 0 amide bonds. The third-order valence-corrected chi connectivity index (χ3v) is 3.68. The fraction of sp³-hybridized carbons (Fsp3) is 0.438. The first-order valence-corrected chi connectivity index (χ1v) is 6.84. The van der Waals surface area contributed by atoms with Crippen molar-refractivity contribution in [2.24, 2.45) is 12.5 Å². The van der Waals surface area contributed by atoms with Crippen molar-refractivity contribution in [2.45, 2.75) is 20.3 Å². The number of aryl methyl sites for hydroxylation is 1. The van der Waals surface area contributed by atoms with Crippen molar-refractivity contribution in [3.63, 3.8) is 0 Å². The van der Waals surface area contributed by atoms with Crippen LogP contribution in [0.2, 0.25) is 0 Å². The normalized spacial score (nSPS) is 14.5. The quantitative estimate of drug-likeness (QED) is 0.806. The van der Waals surface area contributed by atoms with E-state index in [0.717, 1.165) is 25.2 Å². The molecule has 0 radical (unpaired) electrons. The summed E-state index contributed by atoms with van der Waals surface area (Å²) in [7, 11) is 2.00. The Hall–Kier alpha value is -1.61. The van der Waals surface area contributed by atoms with Gasteiger partial charge in [0, 0.05) is 30.8 Å². The van der Waals surface area contributed by atoms with Crippen LogP contribution in [0, 0.1) is 5.41 Å². The third-order valence-electron chi connectivity index (χ3n) is 3.68. The van der Waals surface area contributed by atoms with Crippen LogP contribution >= 0.6 is 0 Å². The molecule has 1 N–H and O–H groups in total. The number of aromatic nitrogens is 2. The van der Waals surface area contributed by atoms with Crippen molar-refractivity contribution < 1.29 is 0 Å². The van der Waals surface area contributed by atoms with E-state index in [1.165, 1.54) is 10.9 Å². The number of benzene rings is 1. The van der Waals surface area contributed by atoms with E-state index < -0.39 is 0 Å². The van der Waals surface area contributed by atoms with Crippen LogP contribution in [0.25, 0.3) is 10.9 Å². The fourth-order valence-electron chi connectivity index (χ4n) is 2.42. The van der Waals surface area contributed by atoms with E-state index in [9.17, 15) is 0 Å². The van der Waals surface area contributed by atoms with Crippen LogP contribution in [0.4, 0.5) is 0 Å². The molecule has 0 spiro atoms. The first kappa shape index (κ1) is 13.8. The zero-order chi connectivity index (χ0) is 13.9. The van der Waals surface area contributed by atoms with Gasteiger partial charge in [-0.15, -0.1) is 6.58 Å². The second-order valence-electron chi connectivity index (χ2n) is 5.40.